The number of hydrogen-bond acceptors (Lipinski definition) is 12. The van der Waals surface area contributed by atoms with Gasteiger partial charge in [0, 0.05) is 55.2 Å². The van der Waals surface area contributed by atoms with E-state index < -0.39 is 17.1 Å². The molecule has 52 heavy (non-hydrogen) atoms. The predicted octanol–water partition coefficient (Wildman–Crippen LogP) is 6.56. The largest absolute Gasteiger partial charge is 0.439 e. The molecule has 3 aromatic rings. The van der Waals surface area contributed by atoms with Crippen molar-refractivity contribution in [2.45, 2.75) is 111 Å². The monoisotopic (exact) mass is 735 g/mol. The summed E-state index contributed by atoms with van der Waals surface area (Å²) in [6, 6.07) is 11.0. The van der Waals surface area contributed by atoms with E-state index in [1.54, 1.807) is 10.9 Å². The molecule has 1 saturated carbocycles. The summed E-state index contributed by atoms with van der Waals surface area (Å²) in [5, 5.41) is 29.6. The predicted molar refractivity (Wildman–Crippen MR) is 198 cm³/mol. The Balaban J connectivity index is 1.07. The van der Waals surface area contributed by atoms with Gasteiger partial charge in [0.1, 0.15) is 12.4 Å². The van der Waals surface area contributed by atoms with Crippen LogP contribution in [0.4, 0.5) is 5.82 Å². The van der Waals surface area contributed by atoms with Gasteiger partial charge in [-0.2, -0.15) is 9.94 Å². The lowest BCUT2D eigenvalue weighted by molar-refractivity contribution is -0.168. The number of esters is 1. The van der Waals surface area contributed by atoms with E-state index >= 15 is 0 Å². The molecule has 0 aromatic carbocycles. The number of rotatable bonds is 15. The molecule has 2 atom stereocenters. The first-order valence-corrected chi connectivity index (χ1v) is 18.9. The van der Waals surface area contributed by atoms with E-state index in [1.807, 2.05) is 52.8 Å². The quantitative estimate of drug-likeness (QED) is 0.162. The molecule has 0 radical (unpaired) electrons. The van der Waals surface area contributed by atoms with Gasteiger partial charge in [0.05, 0.1) is 34.2 Å². The number of halogens is 1. The van der Waals surface area contributed by atoms with Crippen molar-refractivity contribution in [2.75, 3.05) is 31.7 Å². The van der Waals surface area contributed by atoms with Gasteiger partial charge in [0.2, 0.25) is 6.23 Å². The molecule has 14 heteroatoms. The highest BCUT2D eigenvalue weighted by Crippen LogP contribution is 2.33. The molecule has 1 aliphatic heterocycles. The normalized spacial score (nSPS) is 20.2. The lowest BCUT2D eigenvalue weighted by atomic mass is 9.82. The maximum absolute atomic E-state index is 12.6. The molecule has 0 amide bonds. The van der Waals surface area contributed by atoms with E-state index in [0.717, 1.165) is 54.9 Å². The third kappa shape index (κ3) is 10.7. The van der Waals surface area contributed by atoms with Crippen LogP contribution in [0, 0.1) is 34.0 Å². The lowest BCUT2D eigenvalue weighted by Gasteiger charge is -2.31. The molecule has 4 heterocycles. The summed E-state index contributed by atoms with van der Waals surface area (Å²) in [5.41, 5.74) is 1.58. The van der Waals surface area contributed by atoms with E-state index in [-0.39, 0.29) is 24.5 Å². The number of aromatic nitrogens is 6. The summed E-state index contributed by atoms with van der Waals surface area (Å²) in [4.78, 5) is 22.1. The van der Waals surface area contributed by atoms with Crippen molar-refractivity contribution in [3.8, 4) is 17.3 Å². The summed E-state index contributed by atoms with van der Waals surface area (Å²) in [6.45, 7) is 14.0. The Morgan fingerprint density at radius 2 is 1.92 bits per heavy atom. The van der Waals surface area contributed by atoms with Crippen LogP contribution in [0.1, 0.15) is 97.8 Å². The summed E-state index contributed by atoms with van der Waals surface area (Å²) in [7, 11) is 0. The number of nitriles is 1. The first-order chi connectivity index (χ1) is 24.9. The van der Waals surface area contributed by atoms with Crippen molar-refractivity contribution >= 4 is 23.4 Å². The van der Waals surface area contributed by atoms with Gasteiger partial charge in [-0.3, -0.25) is 9.78 Å². The number of ether oxygens (including phenoxy) is 3. The summed E-state index contributed by atoms with van der Waals surface area (Å²) < 4.78 is 18.8. The van der Waals surface area contributed by atoms with Crippen LogP contribution in [0.15, 0.2) is 30.5 Å². The Labute approximate surface area is 312 Å². The standard InChI is InChI=1S/C38H54ClN9O4/c1-25(2)35(52-36(49)37(4,5)6)48-34(45-46-47-48)22-51-21-26(3)43-28-12-10-27(11-13-28)18-29-19-30(31(39)20-41-29)32-8-7-9-33(44-32)42-24-38(23-40)14-16-50-17-15-38/h7-9,19-20,25-28,35,43H,10-18,21-22,24H2,1-6H3,(H,42,44)/t26-,27?,28?,35-/m0/s1. The van der Waals surface area contributed by atoms with Gasteiger partial charge in [-0.05, 0) is 107 Å². The number of nitrogens with zero attached hydrogens (tertiary/aromatic N) is 7. The molecule has 0 bridgehead atoms. The van der Waals surface area contributed by atoms with Gasteiger partial charge in [0.15, 0.2) is 5.82 Å². The fourth-order valence-electron chi connectivity index (χ4n) is 6.69. The number of tetrazole rings is 1. The van der Waals surface area contributed by atoms with Crippen LogP contribution in [0.2, 0.25) is 5.02 Å². The molecule has 0 unspecified atom stereocenters. The fraction of sp³-hybridized carbons (Fsp3) is 0.658. The number of anilines is 1. The number of hydrogen-bond donors (Lipinski definition) is 2. The van der Waals surface area contributed by atoms with Gasteiger partial charge < -0.3 is 24.8 Å². The molecule has 1 aliphatic carbocycles. The highest BCUT2D eigenvalue weighted by atomic mass is 35.5. The van der Waals surface area contributed by atoms with Gasteiger partial charge in [-0.25, -0.2) is 4.98 Å². The first kappa shape index (κ1) is 39.5. The van der Waals surface area contributed by atoms with Gasteiger partial charge >= 0.3 is 5.97 Å². The van der Waals surface area contributed by atoms with Gasteiger partial charge in [0.25, 0.3) is 0 Å². The Kier molecular flexibility index (Phi) is 13.6. The Morgan fingerprint density at radius 3 is 2.62 bits per heavy atom. The van der Waals surface area contributed by atoms with Crippen LogP contribution >= 0.6 is 11.6 Å². The topological polar surface area (TPSA) is 162 Å². The molecule has 3 aromatic heterocycles. The average Bonchev–Trinajstić information content (AvgIpc) is 3.59. The van der Waals surface area contributed by atoms with Crippen LogP contribution in [-0.4, -0.2) is 74.6 Å². The minimum Gasteiger partial charge on any atom is -0.439 e. The van der Waals surface area contributed by atoms with Crippen molar-refractivity contribution in [3.63, 3.8) is 0 Å². The SMILES string of the molecule is CC(C)[C@H](OC(=O)C(C)(C)C)n1nnnc1COC[C@H](C)NC1CCC(Cc2cc(-c3cccc(NCC4(C#N)CCOCC4)n3)c(Cl)cn2)CC1. The van der Waals surface area contributed by atoms with Crippen LogP contribution in [-0.2, 0) is 32.0 Å². The highest BCUT2D eigenvalue weighted by Gasteiger charge is 2.33. The zero-order valence-electron chi connectivity index (χ0n) is 31.4. The molecular formula is C38H54ClN9O4. The number of nitrogens with one attached hydrogen (secondary N) is 2. The number of carbonyl (C=O) groups excluding carboxylic acids is 1. The van der Waals surface area contributed by atoms with E-state index in [4.69, 9.17) is 30.8 Å². The maximum atomic E-state index is 12.6. The van der Waals surface area contributed by atoms with Gasteiger partial charge in [-0.1, -0.05) is 31.5 Å². The van der Waals surface area contributed by atoms with E-state index in [1.165, 1.54) is 0 Å². The van der Waals surface area contributed by atoms with Crippen LogP contribution in [0.3, 0.4) is 0 Å². The molecule has 1 saturated heterocycles. The molecule has 2 fully saturated rings. The molecule has 2 aliphatic rings. The second kappa shape index (κ2) is 17.9. The van der Waals surface area contributed by atoms with E-state index in [9.17, 15) is 10.1 Å². The van der Waals surface area contributed by atoms with Gasteiger partial charge in [-0.15, -0.1) is 5.10 Å². The molecule has 2 N–H and O–H groups in total. The van der Waals surface area contributed by atoms with Crippen LogP contribution in [0.5, 0.6) is 0 Å². The summed E-state index contributed by atoms with van der Waals surface area (Å²) >= 11 is 6.64. The molecule has 5 rings (SSSR count). The Hall–Kier alpha value is -3.70. The molecule has 13 nitrogen and oxygen atoms in total. The Bertz CT molecular complexity index is 1660. The zero-order chi connectivity index (χ0) is 37.3. The third-order valence-electron chi connectivity index (χ3n) is 9.91. The van der Waals surface area contributed by atoms with Crippen molar-refractivity contribution in [1.82, 2.24) is 35.5 Å². The van der Waals surface area contributed by atoms with E-state index in [2.05, 4.69) is 50.2 Å². The minimum atomic E-state index is -0.631. The first-order valence-electron chi connectivity index (χ1n) is 18.5. The fourth-order valence-corrected chi connectivity index (χ4v) is 6.89. The van der Waals surface area contributed by atoms with Crippen LogP contribution in [0.25, 0.3) is 11.3 Å². The Morgan fingerprint density at radius 1 is 1.17 bits per heavy atom. The summed E-state index contributed by atoms with van der Waals surface area (Å²) in [6.07, 6.45) is 7.79. The summed E-state index contributed by atoms with van der Waals surface area (Å²) in [5.74, 6) is 1.45. The zero-order valence-corrected chi connectivity index (χ0v) is 32.2. The van der Waals surface area contributed by atoms with Crippen molar-refractivity contribution in [1.29, 1.82) is 5.26 Å². The molecular weight excluding hydrogens is 682 g/mol. The second-order valence-corrected chi connectivity index (χ2v) is 16.2. The van der Waals surface area contributed by atoms with E-state index in [0.29, 0.717) is 62.0 Å². The molecule has 0 spiro atoms. The van der Waals surface area contributed by atoms with Crippen LogP contribution < -0.4 is 10.6 Å². The smallest absolute Gasteiger partial charge is 0.313 e. The van der Waals surface area contributed by atoms with Crippen molar-refractivity contribution < 1.29 is 19.0 Å². The maximum Gasteiger partial charge on any atom is 0.313 e. The number of carbonyl (C=O) groups is 1. The highest BCUT2D eigenvalue weighted by molar-refractivity contribution is 6.33. The number of pyridine rings is 2. The third-order valence-corrected chi connectivity index (χ3v) is 10.2. The second-order valence-electron chi connectivity index (χ2n) is 15.8. The molecule has 282 valence electrons. The lowest BCUT2D eigenvalue weighted by Crippen LogP contribution is -2.41. The minimum absolute atomic E-state index is 0.0226. The van der Waals surface area contributed by atoms with Crippen molar-refractivity contribution in [3.05, 3.63) is 47.0 Å². The average molecular weight is 736 g/mol. The van der Waals surface area contributed by atoms with Crippen molar-refractivity contribution in [2.24, 2.45) is 22.7 Å².